The number of nitrogens with two attached hydrogens (primary N) is 1. The maximum Gasteiger partial charge on any atom is 0.232 e. The molecule has 0 aromatic carbocycles. The second kappa shape index (κ2) is 4.08. The van der Waals surface area contributed by atoms with Crippen LogP contribution in [0, 0.1) is 5.92 Å². The Labute approximate surface area is 95.3 Å². The number of hydrogen-bond donors (Lipinski definition) is 1. The van der Waals surface area contributed by atoms with E-state index in [1.165, 1.54) is 48.6 Å². The van der Waals surface area contributed by atoms with Gasteiger partial charge in [0, 0.05) is 5.41 Å². The average molecular weight is 225 g/mol. The highest BCUT2D eigenvalue weighted by Gasteiger charge is 2.39. The van der Waals surface area contributed by atoms with Crippen LogP contribution in [-0.2, 0) is 5.41 Å². The molecule has 1 saturated carbocycles. The quantitative estimate of drug-likeness (QED) is 0.860. The summed E-state index contributed by atoms with van der Waals surface area (Å²) in [4.78, 5) is 4.40. The van der Waals surface area contributed by atoms with Gasteiger partial charge in [-0.3, -0.25) is 0 Å². The summed E-state index contributed by atoms with van der Waals surface area (Å²) in [6, 6.07) is 0. The maximum atomic E-state index is 5.62. The third-order valence-corrected chi connectivity index (χ3v) is 4.23. The fourth-order valence-electron chi connectivity index (χ4n) is 2.79. The van der Waals surface area contributed by atoms with Crippen LogP contribution >= 0.6 is 11.5 Å². The molecule has 1 heterocycles. The first kappa shape index (κ1) is 10.9. The molecule has 0 spiro atoms. The van der Waals surface area contributed by atoms with Crippen molar-refractivity contribution in [2.45, 2.75) is 51.4 Å². The Kier molecular flexibility index (Phi) is 2.96. The molecule has 0 saturated heterocycles. The van der Waals surface area contributed by atoms with Crippen molar-refractivity contribution in [3.63, 3.8) is 0 Å². The molecule has 1 aromatic heterocycles. The van der Waals surface area contributed by atoms with Crippen LogP contribution in [0.5, 0.6) is 0 Å². The first-order valence-electron chi connectivity index (χ1n) is 5.72. The van der Waals surface area contributed by atoms with E-state index in [0.717, 1.165) is 0 Å². The number of anilines is 1. The van der Waals surface area contributed by atoms with Crippen LogP contribution in [0.25, 0.3) is 0 Å². The van der Waals surface area contributed by atoms with E-state index in [1.54, 1.807) is 0 Å². The summed E-state index contributed by atoms with van der Waals surface area (Å²) >= 11 is 1.50. The summed E-state index contributed by atoms with van der Waals surface area (Å²) in [6.45, 7) is 4.56. The number of nitrogen functional groups attached to an aromatic ring is 1. The van der Waals surface area contributed by atoms with Crippen molar-refractivity contribution in [3.05, 3.63) is 5.01 Å². The number of aromatic nitrogens is 2. The van der Waals surface area contributed by atoms with Crippen molar-refractivity contribution in [2.75, 3.05) is 5.73 Å². The molecule has 0 unspecified atom stereocenters. The Bertz CT molecular complexity index is 326. The molecule has 3 nitrogen and oxygen atoms in total. The highest BCUT2D eigenvalue weighted by molar-refractivity contribution is 7.05. The Morgan fingerprint density at radius 1 is 1.40 bits per heavy atom. The Morgan fingerprint density at radius 2 is 2.07 bits per heavy atom. The van der Waals surface area contributed by atoms with Crippen LogP contribution in [0.3, 0.4) is 0 Å². The molecule has 2 N–H and O–H groups in total. The molecule has 2 rings (SSSR count). The third kappa shape index (κ3) is 2.14. The average Bonchev–Trinajstić information content (AvgIpc) is 2.73. The van der Waals surface area contributed by atoms with Gasteiger partial charge in [-0.25, -0.2) is 4.98 Å². The lowest BCUT2D eigenvalue weighted by Gasteiger charge is -2.27. The van der Waals surface area contributed by atoms with E-state index in [0.29, 0.717) is 17.3 Å². The largest absolute Gasteiger partial charge is 0.367 e. The summed E-state index contributed by atoms with van der Waals surface area (Å²) in [6.07, 6.45) is 6.40. The van der Waals surface area contributed by atoms with Gasteiger partial charge in [0.2, 0.25) is 5.95 Å². The van der Waals surface area contributed by atoms with Crippen LogP contribution in [0.1, 0.15) is 51.0 Å². The molecular formula is C11H19N3S. The molecule has 4 heteroatoms. The van der Waals surface area contributed by atoms with E-state index in [4.69, 9.17) is 5.73 Å². The van der Waals surface area contributed by atoms with Crippen molar-refractivity contribution in [2.24, 2.45) is 5.92 Å². The van der Waals surface area contributed by atoms with E-state index in [2.05, 4.69) is 23.2 Å². The highest BCUT2D eigenvalue weighted by Crippen LogP contribution is 2.46. The molecule has 1 aromatic rings. The van der Waals surface area contributed by atoms with Crippen LogP contribution < -0.4 is 5.73 Å². The molecule has 0 atom stereocenters. The molecule has 0 aliphatic heterocycles. The Balaban J connectivity index is 2.26. The van der Waals surface area contributed by atoms with Gasteiger partial charge in [0.05, 0.1) is 0 Å². The zero-order valence-electron chi connectivity index (χ0n) is 9.49. The second-order valence-electron chi connectivity index (χ2n) is 5.04. The summed E-state index contributed by atoms with van der Waals surface area (Å²) in [5.41, 5.74) is 5.92. The molecule has 84 valence electrons. The summed E-state index contributed by atoms with van der Waals surface area (Å²) in [5, 5.41) is 1.17. The van der Waals surface area contributed by atoms with Crippen LogP contribution in [0.2, 0.25) is 0 Å². The molecular weight excluding hydrogens is 206 g/mol. The van der Waals surface area contributed by atoms with Gasteiger partial charge in [-0.1, -0.05) is 26.7 Å². The minimum atomic E-state index is 0.295. The first-order valence-corrected chi connectivity index (χ1v) is 6.49. The fraction of sp³-hybridized carbons (Fsp3) is 0.818. The molecule has 0 amide bonds. The topological polar surface area (TPSA) is 51.8 Å². The highest BCUT2D eigenvalue weighted by atomic mass is 32.1. The van der Waals surface area contributed by atoms with E-state index in [1.807, 2.05) is 0 Å². The fourth-order valence-corrected chi connectivity index (χ4v) is 3.63. The minimum absolute atomic E-state index is 0.295. The van der Waals surface area contributed by atoms with E-state index >= 15 is 0 Å². The Morgan fingerprint density at radius 3 is 2.53 bits per heavy atom. The monoisotopic (exact) mass is 225 g/mol. The van der Waals surface area contributed by atoms with Crippen LogP contribution in [-0.4, -0.2) is 9.36 Å². The van der Waals surface area contributed by atoms with Gasteiger partial charge in [0.1, 0.15) is 5.01 Å². The SMILES string of the molecule is CC(C)CC1(c2nc(N)ns2)CCCC1. The standard InChI is InChI=1S/C11H19N3S/c1-8(2)7-11(5-3-4-6-11)9-13-10(12)14-15-9/h8H,3-7H2,1-2H3,(H2,12,14). The van der Waals surface area contributed by atoms with Gasteiger partial charge in [0.15, 0.2) is 0 Å². The van der Waals surface area contributed by atoms with Gasteiger partial charge >= 0.3 is 0 Å². The molecule has 1 aliphatic rings. The predicted molar refractivity (Wildman–Crippen MR) is 63.9 cm³/mol. The maximum absolute atomic E-state index is 5.62. The molecule has 15 heavy (non-hydrogen) atoms. The van der Waals surface area contributed by atoms with Gasteiger partial charge < -0.3 is 5.73 Å². The van der Waals surface area contributed by atoms with E-state index in [9.17, 15) is 0 Å². The van der Waals surface area contributed by atoms with Gasteiger partial charge in [-0.05, 0) is 36.7 Å². The summed E-state index contributed by atoms with van der Waals surface area (Å²) in [5.74, 6) is 1.17. The van der Waals surface area contributed by atoms with E-state index in [-0.39, 0.29) is 0 Å². The lowest BCUT2D eigenvalue weighted by Crippen LogP contribution is -2.24. The Hall–Kier alpha value is -0.640. The predicted octanol–water partition coefficient (Wildman–Crippen LogP) is 2.98. The molecule has 0 radical (unpaired) electrons. The first-order chi connectivity index (χ1) is 7.12. The normalized spacial score (nSPS) is 19.9. The van der Waals surface area contributed by atoms with Crippen molar-refractivity contribution < 1.29 is 0 Å². The lowest BCUT2D eigenvalue weighted by molar-refractivity contribution is 0.345. The molecule has 0 bridgehead atoms. The van der Waals surface area contributed by atoms with Crippen LogP contribution in [0.4, 0.5) is 5.95 Å². The molecule has 1 aliphatic carbocycles. The van der Waals surface area contributed by atoms with Crippen molar-refractivity contribution in [3.8, 4) is 0 Å². The number of rotatable bonds is 3. The minimum Gasteiger partial charge on any atom is -0.367 e. The van der Waals surface area contributed by atoms with Crippen LogP contribution in [0.15, 0.2) is 0 Å². The number of hydrogen-bond acceptors (Lipinski definition) is 4. The zero-order valence-corrected chi connectivity index (χ0v) is 10.3. The van der Waals surface area contributed by atoms with Crippen molar-refractivity contribution >= 4 is 17.5 Å². The lowest BCUT2D eigenvalue weighted by atomic mass is 9.79. The number of nitrogens with zero attached hydrogens (tertiary/aromatic N) is 2. The van der Waals surface area contributed by atoms with Crippen molar-refractivity contribution in [1.82, 2.24) is 9.36 Å². The van der Waals surface area contributed by atoms with Gasteiger partial charge in [-0.15, -0.1) is 0 Å². The van der Waals surface area contributed by atoms with Gasteiger partial charge in [0.25, 0.3) is 0 Å². The smallest absolute Gasteiger partial charge is 0.232 e. The molecule has 1 fully saturated rings. The summed E-state index contributed by atoms with van der Waals surface area (Å²) in [7, 11) is 0. The van der Waals surface area contributed by atoms with E-state index < -0.39 is 0 Å². The second-order valence-corrected chi connectivity index (χ2v) is 5.79. The summed E-state index contributed by atoms with van der Waals surface area (Å²) < 4.78 is 4.12. The van der Waals surface area contributed by atoms with Crippen molar-refractivity contribution in [1.29, 1.82) is 0 Å². The van der Waals surface area contributed by atoms with Gasteiger partial charge in [-0.2, -0.15) is 4.37 Å². The third-order valence-electron chi connectivity index (χ3n) is 3.26. The zero-order chi connectivity index (χ0) is 10.9.